The third kappa shape index (κ3) is 3.60. The molecule has 0 bridgehead atoms. The van der Waals surface area contributed by atoms with Crippen LogP contribution in [0.5, 0.6) is 0 Å². The molecule has 0 saturated carbocycles. The zero-order valence-electron chi connectivity index (χ0n) is 10.9. The third-order valence-electron chi connectivity index (χ3n) is 4.24. The second kappa shape index (κ2) is 6.41. The quantitative estimate of drug-likeness (QED) is 0.779. The molecule has 2 fully saturated rings. The third-order valence-corrected chi connectivity index (χ3v) is 4.91. The molecular weight excluding hydrogens is 234 g/mol. The van der Waals surface area contributed by atoms with Crippen LogP contribution in [0.15, 0.2) is 0 Å². The Morgan fingerprint density at radius 1 is 1.41 bits per heavy atom. The summed E-state index contributed by atoms with van der Waals surface area (Å²) >= 11 is 4.58. The second-order valence-electron chi connectivity index (χ2n) is 5.51. The number of hydrogen-bond acceptors (Lipinski definition) is 4. The molecule has 0 aliphatic carbocycles. The van der Waals surface area contributed by atoms with Gasteiger partial charge in [0.2, 0.25) is 0 Å². The molecule has 0 radical (unpaired) electrons. The first-order valence-electron chi connectivity index (χ1n) is 6.72. The first-order chi connectivity index (χ1) is 8.28. The molecule has 2 heterocycles. The molecule has 4 heteroatoms. The minimum Gasteiger partial charge on any atom is -0.381 e. The van der Waals surface area contributed by atoms with E-state index in [1.54, 1.807) is 0 Å². The molecule has 2 saturated heterocycles. The molecule has 0 aromatic heterocycles. The Balaban J connectivity index is 1.88. The van der Waals surface area contributed by atoms with E-state index < -0.39 is 0 Å². The fraction of sp³-hybridized carbons (Fsp3) is 1.00. The Kier molecular flexibility index (Phi) is 5.15. The van der Waals surface area contributed by atoms with Gasteiger partial charge in [0.25, 0.3) is 0 Å². The molecule has 1 unspecified atom stereocenters. The minimum atomic E-state index is 0.372. The number of thiol groups is 1. The lowest BCUT2D eigenvalue weighted by molar-refractivity contribution is -0.0185. The molecule has 2 rings (SSSR count). The summed E-state index contributed by atoms with van der Waals surface area (Å²) < 4.78 is 11.0. The number of nitrogens with zero attached hydrogens (tertiary/aromatic N) is 1. The summed E-state index contributed by atoms with van der Waals surface area (Å²) in [6.07, 6.45) is 5.22. The van der Waals surface area contributed by atoms with Crippen LogP contribution in [0.2, 0.25) is 0 Å². The highest BCUT2D eigenvalue weighted by Gasteiger charge is 2.34. The second-order valence-corrected chi connectivity index (χ2v) is 5.82. The topological polar surface area (TPSA) is 21.7 Å². The summed E-state index contributed by atoms with van der Waals surface area (Å²) in [6, 6.07) is 0. The van der Waals surface area contributed by atoms with Gasteiger partial charge in [0.1, 0.15) is 0 Å². The van der Waals surface area contributed by atoms with Gasteiger partial charge >= 0.3 is 0 Å². The summed E-state index contributed by atoms with van der Waals surface area (Å²) in [5, 5.41) is 0. The van der Waals surface area contributed by atoms with Gasteiger partial charge in [-0.05, 0) is 43.4 Å². The molecule has 0 amide bonds. The molecule has 0 N–H and O–H groups in total. The summed E-state index contributed by atoms with van der Waals surface area (Å²) in [7, 11) is 1.83. The van der Waals surface area contributed by atoms with Gasteiger partial charge in [0, 0.05) is 33.4 Å². The summed E-state index contributed by atoms with van der Waals surface area (Å²) in [6.45, 7) is 5.28. The van der Waals surface area contributed by atoms with E-state index >= 15 is 0 Å². The zero-order chi connectivity index (χ0) is 12.1. The average Bonchev–Trinajstić information content (AvgIpc) is 2.40. The zero-order valence-corrected chi connectivity index (χ0v) is 11.8. The molecular formula is C13H25NO2S. The maximum atomic E-state index is 5.49. The van der Waals surface area contributed by atoms with Crippen molar-refractivity contribution in [3.05, 3.63) is 0 Å². The molecule has 0 aromatic carbocycles. The molecule has 3 nitrogen and oxygen atoms in total. The van der Waals surface area contributed by atoms with Crippen LogP contribution in [0.3, 0.4) is 0 Å². The number of ether oxygens (including phenoxy) is 2. The smallest absolute Gasteiger partial charge is 0.0698 e. The summed E-state index contributed by atoms with van der Waals surface area (Å²) in [5.74, 6) is 0.977. The first kappa shape index (κ1) is 13.7. The SMILES string of the molecule is COC1CCCN(CC2(CS)CCOCC2)C1. The van der Waals surface area contributed by atoms with Gasteiger partial charge < -0.3 is 14.4 Å². The van der Waals surface area contributed by atoms with Crippen LogP contribution in [0.25, 0.3) is 0 Å². The van der Waals surface area contributed by atoms with E-state index in [1.165, 1.54) is 25.9 Å². The van der Waals surface area contributed by atoms with Crippen LogP contribution in [-0.2, 0) is 9.47 Å². The van der Waals surface area contributed by atoms with Gasteiger partial charge in [-0.3, -0.25) is 0 Å². The van der Waals surface area contributed by atoms with E-state index in [0.29, 0.717) is 11.5 Å². The van der Waals surface area contributed by atoms with Crippen molar-refractivity contribution in [3.63, 3.8) is 0 Å². The van der Waals surface area contributed by atoms with E-state index in [9.17, 15) is 0 Å². The van der Waals surface area contributed by atoms with Crippen molar-refractivity contribution in [2.45, 2.75) is 31.8 Å². The molecule has 17 heavy (non-hydrogen) atoms. The van der Waals surface area contributed by atoms with E-state index in [0.717, 1.165) is 38.4 Å². The Bertz CT molecular complexity index is 231. The van der Waals surface area contributed by atoms with Crippen molar-refractivity contribution in [2.75, 3.05) is 45.7 Å². The summed E-state index contributed by atoms with van der Waals surface area (Å²) in [5.41, 5.74) is 0.372. The number of likely N-dealkylation sites (tertiary alicyclic amines) is 1. The lowest BCUT2D eigenvalue weighted by atomic mass is 9.81. The largest absolute Gasteiger partial charge is 0.381 e. The maximum Gasteiger partial charge on any atom is 0.0698 e. The molecule has 2 aliphatic rings. The lowest BCUT2D eigenvalue weighted by Crippen LogP contribution is -2.47. The minimum absolute atomic E-state index is 0.372. The van der Waals surface area contributed by atoms with E-state index in [2.05, 4.69) is 17.5 Å². The van der Waals surface area contributed by atoms with Crippen LogP contribution >= 0.6 is 12.6 Å². The molecule has 1 atom stereocenters. The highest BCUT2D eigenvalue weighted by Crippen LogP contribution is 2.33. The van der Waals surface area contributed by atoms with Crippen molar-refractivity contribution < 1.29 is 9.47 Å². The fourth-order valence-corrected chi connectivity index (χ4v) is 3.41. The predicted molar refractivity (Wildman–Crippen MR) is 72.8 cm³/mol. The van der Waals surface area contributed by atoms with Crippen molar-refractivity contribution >= 4 is 12.6 Å². The van der Waals surface area contributed by atoms with Gasteiger partial charge in [-0.2, -0.15) is 12.6 Å². The van der Waals surface area contributed by atoms with Gasteiger partial charge in [-0.15, -0.1) is 0 Å². The van der Waals surface area contributed by atoms with Gasteiger partial charge in [-0.1, -0.05) is 0 Å². The highest BCUT2D eigenvalue weighted by molar-refractivity contribution is 7.80. The number of rotatable bonds is 4. The Morgan fingerprint density at radius 2 is 2.18 bits per heavy atom. The summed E-state index contributed by atoms with van der Waals surface area (Å²) in [4.78, 5) is 2.57. The molecule has 0 aromatic rings. The van der Waals surface area contributed by atoms with Crippen LogP contribution in [0.1, 0.15) is 25.7 Å². The Hall–Kier alpha value is 0.230. The van der Waals surface area contributed by atoms with Crippen molar-refractivity contribution in [1.82, 2.24) is 4.90 Å². The lowest BCUT2D eigenvalue weighted by Gasteiger charge is -2.42. The van der Waals surface area contributed by atoms with Crippen LogP contribution < -0.4 is 0 Å². The van der Waals surface area contributed by atoms with Crippen LogP contribution in [0, 0.1) is 5.41 Å². The fourth-order valence-electron chi connectivity index (χ4n) is 2.99. The standard InChI is InChI=1S/C13H25NO2S/c1-15-12-3-2-6-14(9-12)10-13(11-17)4-7-16-8-5-13/h12,17H,2-11H2,1H3. The molecule has 0 spiro atoms. The van der Waals surface area contributed by atoms with E-state index in [1.807, 2.05) is 7.11 Å². The Labute approximate surface area is 110 Å². The Morgan fingerprint density at radius 3 is 2.82 bits per heavy atom. The first-order valence-corrected chi connectivity index (χ1v) is 7.35. The van der Waals surface area contributed by atoms with Gasteiger partial charge in [0.05, 0.1) is 6.10 Å². The number of piperidine rings is 1. The van der Waals surface area contributed by atoms with Crippen molar-refractivity contribution in [2.24, 2.45) is 5.41 Å². The normalized spacial score (nSPS) is 30.4. The van der Waals surface area contributed by atoms with E-state index in [-0.39, 0.29) is 0 Å². The monoisotopic (exact) mass is 259 g/mol. The van der Waals surface area contributed by atoms with Crippen molar-refractivity contribution in [3.8, 4) is 0 Å². The van der Waals surface area contributed by atoms with E-state index in [4.69, 9.17) is 9.47 Å². The van der Waals surface area contributed by atoms with Crippen LogP contribution in [0.4, 0.5) is 0 Å². The molecule has 100 valence electrons. The number of methoxy groups -OCH3 is 1. The maximum absolute atomic E-state index is 5.49. The van der Waals surface area contributed by atoms with Gasteiger partial charge in [-0.25, -0.2) is 0 Å². The average molecular weight is 259 g/mol. The predicted octanol–water partition coefficient (Wildman–Crippen LogP) is 1.82. The molecule has 2 aliphatic heterocycles. The number of hydrogen-bond donors (Lipinski definition) is 1. The van der Waals surface area contributed by atoms with Gasteiger partial charge in [0.15, 0.2) is 0 Å². The van der Waals surface area contributed by atoms with Crippen molar-refractivity contribution in [1.29, 1.82) is 0 Å². The van der Waals surface area contributed by atoms with Crippen LogP contribution in [-0.4, -0.2) is 56.7 Å². The highest BCUT2D eigenvalue weighted by atomic mass is 32.1.